The molecule has 2 aromatic rings. The zero-order valence-corrected chi connectivity index (χ0v) is 17.6. The summed E-state index contributed by atoms with van der Waals surface area (Å²) in [6.07, 6.45) is 2.72. The van der Waals surface area contributed by atoms with Gasteiger partial charge in [0.25, 0.3) is 5.91 Å². The van der Waals surface area contributed by atoms with Crippen molar-refractivity contribution in [3.63, 3.8) is 0 Å². The van der Waals surface area contributed by atoms with E-state index in [1.54, 1.807) is 0 Å². The molecule has 7 nitrogen and oxygen atoms in total. The molecule has 1 aromatic carbocycles. The van der Waals surface area contributed by atoms with Crippen molar-refractivity contribution in [1.82, 2.24) is 25.3 Å². The largest absolute Gasteiger partial charge is 0.349 e. The number of carbonyl (C=O) groups is 2. The molecule has 2 amide bonds. The molecule has 0 spiro atoms. The average molecular weight is 416 g/mol. The van der Waals surface area contributed by atoms with Crippen LogP contribution in [0.5, 0.6) is 0 Å². The van der Waals surface area contributed by atoms with Crippen molar-refractivity contribution < 1.29 is 9.59 Å². The highest BCUT2D eigenvalue weighted by Crippen LogP contribution is 2.46. The second-order valence-corrected chi connectivity index (χ2v) is 8.63. The third-order valence-electron chi connectivity index (χ3n) is 6.01. The molecule has 4 rings (SSSR count). The van der Waals surface area contributed by atoms with E-state index >= 15 is 0 Å². The van der Waals surface area contributed by atoms with Crippen LogP contribution in [0.15, 0.2) is 24.3 Å². The Morgan fingerprint density at radius 1 is 1.24 bits per heavy atom. The number of hydrogen-bond acceptors (Lipinski definition) is 4. The highest BCUT2D eigenvalue weighted by molar-refractivity contribution is 6.30. The van der Waals surface area contributed by atoms with E-state index in [4.69, 9.17) is 11.6 Å². The summed E-state index contributed by atoms with van der Waals surface area (Å²) in [5.41, 5.74) is 2.61. The molecule has 2 aliphatic rings. The highest BCUT2D eigenvalue weighted by atomic mass is 35.5. The van der Waals surface area contributed by atoms with Gasteiger partial charge in [0.1, 0.15) is 0 Å². The van der Waals surface area contributed by atoms with E-state index in [0.717, 1.165) is 42.6 Å². The monoisotopic (exact) mass is 415 g/mol. The van der Waals surface area contributed by atoms with Gasteiger partial charge in [0.05, 0.1) is 24.2 Å². The maximum absolute atomic E-state index is 13.5. The minimum absolute atomic E-state index is 0.120. The third-order valence-corrected chi connectivity index (χ3v) is 6.26. The van der Waals surface area contributed by atoms with Gasteiger partial charge in [0, 0.05) is 23.7 Å². The normalized spacial score (nSPS) is 17.2. The number of H-pyrrole nitrogens is 1. The summed E-state index contributed by atoms with van der Waals surface area (Å²) < 4.78 is 0. The lowest BCUT2D eigenvalue weighted by molar-refractivity contribution is -0.141. The van der Waals surface area contributed by atoms with Crippen molar-refractivity contribution in [2.45, 2.75) is 37.8 Å². The lowest BCUT2D eigenvalue weighted by Gasteiger charge is -2.43. The quantitative estimate of drug-likeness (QED) is 0.758. The summed E-state index contributed by atoms with van der Waals surface area (Å²) in [5, 5.41) is 10.7. The molecule has 0 atom stereocenters. The van der Waals surface area contributed by atoms with E-state index in [-0.39, 0.29) is 11.8 Å². The maximum Gasteiger partial charge on any atom is 0.272 e. The van der Waals surface area contributed by atoms with Gasteiger partial charge in [-0.05, 0) is 44.6 Å². The van der Waals surface area contributed by atoms with Gasteiger partial charge in [-0.15, -0.1) is 0 Å². The Morgan fingerprint density at radius 3 is 2.59 bits per heavy atom. The fraction of sp³-hybridized carbons (Fsp3) is 0.476. The molecule has 2 heterocycles. The van der Waals surface area contributed by atoms with Crippen molar-refractivity contribution in [2.75, 3.05) is 27.2 Å². The van der Waals surface area contributed by atoms with Crippen molar-refractivity contribution in [2.24, 2.45) is 0 Å². The van der Waals surface area contributed by atoms with E-state index in [1.165, 1.54) is 0 Å². The Kier molecular flexibility index (Phi) is 5.36. The summed E-state index contributed by atoms with van der Waals surface area (Å²) in [6.45, 7) is 2.18. The number of hydrogen-bond donors (Lipinski definition) is 2. The Balaban J connectivity index is 1.48. The van der Waals surface area contributed by atoms with Crippen molar-refractivity contribution in [3.05, 3.63) is 51.8 Å². The minimum atomic E-state index is -0.477. The second kappa shape index (κ2) is 7.80. The molecule has 1 aromatic heterocycles. The standard InChI is InChI=1S/C21H26ClN5O2/c1-26(2)11-10-23-19(28)18-16-12-27(13-17(16)24-25-18)20(29)21(8-3-9-21)14-4-6-15(22)7-5-14/h4-7H,3,8-13H2,1-2H3,(H,23,28)(H,24,25). The number of aromatic amines is 1. The average Bonchev–Trinajstić information content (AvgIpc) is 3.22. The fourth-order valence-electron chi connectivity index (χ4n) is 4.18. The number of likely N-dealkylation sites (N-methyl/N-ethyl adjacent to an activating group) is 1. The van der Waals surface area contributed by atoms with E-state index in [1.807, 2.05) is 48.2 Å². The van der Waals surface area contributed by atoms with Crippen LogP contribution in [0.1, 0.15) is 46.6 Å². The SMILES string of the molecule is CN(C)CCNC(=O)c1n[nH]c2c1CN(C(=O)C1(c3ccc(Cl)cc3)CCC1)C2. The zero-order chi connectivity index (χ0) is 20.6. The number of carbonyl (C=O) groups excluding carboxylic acids is 2. The summed E-state index contributed by atoms with van der Waals surface area (Å²) in [7, 11) is 3.91. The first-order valence-electron chi connectivity index (χ1n) is 9.95. The van der Waals surface area contributed by atoms with Crippen LogP contribution in [0.25, 0.3) is 0 Å². The van der Waals surface area contributed by atoms with Crippen LogP contribution in [-0.4, -0.2) is 59.0 Å². The summed E-state index contributed by atoms with van der Waals surface area (Å²) in [4.78, 5) is 29.8. The summed E-state index contributed by atoms with van der Waals surface area (Å²) in [5.74, 6) is -0.0793. The number of rotatable bonds is 6. The first-order chi connectivity index (χ1) is 13.9. The van der Waals surface area contributed by atoms with Gasteiger partial charge in [-0.25, -0.2) is 0 Å². The molecule has 0 bridgehead atoms. The number of nitrogens with zero attached hydrogens (tertiary/aromatic N) is 3. The van der Waals surface area contributed by atoms with Gasteiger partial charge >= 0.3 is 0 Å². The first-order valence-corrected chi connectivity index (χ1v) is 10.3. The van der Waals surface area contributed by atoms with Crippen LogP contribution in [0.4, 0.5) is 0 Å². The number of nitrogens with one attached hydrogen (secondary N) is 2. The van der Waals surface area contributed by atoms with Gasteiger partial charge in [0.15, 0.2) is 5.69 Å². The van der Waals surface area contributed by atoms with E-state index < -0.39 is 5.41 Å². The lowest BCUT2D eigenvalue weighted by Crippen LogP contribution is -2.49. The van der Waals surface area contributed by atoms with Crippen molar-refractivity contribution >= 4 is 23.4 Å². The summed E-state index contributed by atoms with van der Waals surface area (Å²) >= 11 is 6.03. The maximum atomic E-state index is 13.5. The Labute approximate surface area is 175 Å². The van der Waals surface area contributed by atoms with Crippen LogP contribution >= 0.6 is 11.6 Å². The van der Waals surface area contributed by atoms with Crippen LogP contribution < -0.4 is 5.32 Å². The molecule has 1 aliphatic heterocycles. The highest BCUT2D eigenvalue weighted by Gasteiger charge is 2.49. The smallest absolute Gasteiger partial charge is 0.272 e. The predicted molar refractivity (Wildman–Crippen MR) is 111 cm³/mol. The molecule has 0 unspecified atom stereocenters. The number of fused-ring (bicyclic) bond motifs is 1. The molecule has 1 fully saturated rings. The van der Waals surface area contributed by atoms with Gasteiger partial charge in [0.2, 0.25) is 5.91 Å². The van der Waals surface area contributed by atoms with Gasteiger partial charge in [-0.3, -0.25) is 14.7 Å². The van der Waals surface area contributed by atoms with E-state index in [0.29, 0.717) is 30.4 Å². The van der Waals surface area contributed by atoms with E-state index in [9.17, 15) is 9.59 Å². The zero-order valence-electron chi connectivity index (χ0n) is 16.8. The van der Waals surface area contributed by atoms with Crippen LogP contribution in [-0.2, 0) is 23.3 Å². The number of benzene rings is 1. The van der Waals surface area contributed by atoms with Crippen LogP contribution in [0, 0.1) is 0 Å². The number of amides is 2. The molecule has 154 valence electrons. The van der Waals surface area contributed by atoms with Gasteiger partial charge in [-0.1, -0.05) is 30.2 Å². The molecular weight excluding hydrogens is 390 g/mol. The van der Waals surface area contributed by atoms with Crippen molar-refractivity contribution in [3.8, 4) is 0 Å². The summed E-state index contributed by atoms with van der Waals surface area (Å²) in [6, 6.07) is 7.60. The van der Waals surface area contributed by atoms with Gasteiger partial charge in [-0.2, -0.15) is 5.10 Å². The second-order valence-electron chi connectivity index (χ2n) is 8.19. The predicted octanol–water partition coefficient (Wildman–Crippen LogP) is 2.32. The third kappa shape index (κ3) is 3.65. The minimum Gasteiger partial charge on any atom is -0.349 e. The number of aromatic nitrogens is 2. The Bertz CT molecular complexity index is 918. The number of halogens is 1. The van der Waals surface area contributed by atoms with Crippen LogP contribution in [0.3, 0.4) is 0 Å². The molecular formula is C21H26ClN5O2. The topological polar surface area (TPSA) is 81.3 Å². The van der Waals surface area contributed by atoms with E-state index in [2.05, 4.69) is 15.5 Å². The molecule has 8 heteroatoms. The molecule has 1 saturated carbocycles. The molecule has 2 N–H and O–H groups in total. The Hall–Kier alpha value is -2.38. The van der Waals surface area contributed by atoms with Crippen LogP contribution in [0.2, 0.25) is 5.02 Å². The Morgan fingerprint density at radius 2 is 1.97 bits per heavy atom. The lowest BCUT2D eigenvalue weighted by atomic mass is 9.63. The molecule has 1 aliphatic carbocycles. The fourth-order valence-corrected chi connectivity index (χ4v) is 4.30. The molecule has 0 saturated heterocycles. The molecule has 0 radical (unpaired) electrons. The first kappa shape index (κ1) is 19.9. The van der Waals surface area contributed by atoms with Gasteiger partial charge < -0.3 is 15.1 Å². The molecule has 29 heavy (non-hydrogen) atoms. The van der Waals surface area contributed by atoms with Crippen molar-refractivity contribution in [1.29, 1.82) is 0 Å².